The van der Waals surface area contributed by atoms with Gasteiger partial charge < -0.3 is 15.3 Å². The molecule has 2 aromatic rings. The van der Waals surface area contributed by atoms with E-state index in [9.17, 15) is 19.5 Å². The summed E-state index contributed by atoms with van der Waals surface area (Å²) >= 11 is 0. The van der Waals surface area contributed by atoms with Crippen LogP contribution in [0.15, 0.2) is 36.4 Å². The van der Waals surface area contributed by atoms with Gasteiger partial charge in [-0.3, -0.25) is 14.4 Å². The number of benzene rings is 2. The molecule has 2 aromatic carbocycles. The number of rotatable bonds is 4. The molecular weight excluding hydrogens is 368 g/mol. The molecule has 6 nitrogen and oxygen atoms in total. The van der Waals surface area contributed by atoms with Crippen molar-refractivity contribution in [3.8, 4) is 0 Å². The number of aliphatic hydroxyl groups is 1. The quantitative estimate of drug-likeness (QED) is 0.713. The molecule has 1 saturated heterocycles. The zero-order chi connectivity index (χ0) is 20.5. The maximum Gasteiger partial charge on any atom is 0.255 e. The first-order valence-electron chi connectivity index (χ1n) is 10.0. The van der Waals surface area contributed by atoms with Crippen LogP contribution in [0, 0.1) is 5.92 Å². The summed E-state index contributed by atoms with van der Waals surface area (Å²) in [6.07, 6.45) is 2.04. The number of anilines is 1. The monoisotopic (exact) mass is 392 g/mol. The molecule has 2 aliphatic rings. The number of ketones is 2. The standard InChI is InChI=1S/C23H24N2O4/c1-14-5-4-11-25(13-14)23(29)18-9-8-17-19(20(18)24-10-12-26)22(28)16-7-3-2-6-15(16)21(17)27/h2-3,6-9,14,24,26H,4-5,10-13H2,1H3/t14-/m1/s1. The van der Waals surface area contributed by atoms with Gasteiger partial charge in [-0.2, -0.15) is 0 Å². The normalized spacial score (nSPS) is 18.3. The molecule has 1 heterocycles. The molecule has 2 N–H and O–H groups in total. The third-order valence-electron chi connectivity index (χ3n) is 5.68. The van der Waals surface area contributed by atoms with Gasteiger partial charge in [-0.1, -0.05) is 31.2 Å². The van der Waals surface area contributed by atoms with Gasteiger partial charge in [-0.05, 0) is 30.9 Å². The molecule has 1 aliphatic carbocycles. The highest BCUT2D eigenvalue weighted by atomic mass is 16.3. The second-order valence-electron chi connectivity index (χ2n) is 7.76. The van der Waals surface area contributed by atoms with Gasteiger partial charge in [0.1, 0.15) is 0 Å². The van der Waals surface area contributed by atoms with Crippen LogP contribution in [0.1, 0.15) is 62.0 Å². The van der Waals surface area contributed by atoms with Crippen molar-refractivity contribution >= 4 is 23.2 Å². The predicted octanol–water partition coefficient (Wildman–Crippen LogP) is 2.74. The summed E-state index contributed by atoms with van der Waals surface area (Å²) in [6, 6.07) is 9.94. The Hall–Kier alpha value is -2.99. The van der Waals surface area contributed by atoms with Gasteiger partial charge in [-0.15, -0.1) is 0 Å². The number of aliphatic hydroxyl groups excluding tert-OH is 1. The molecule has 29 heavy (non-hydrogen) atoms. The van der Waals surface area contributed by atoms with Crippen LogP contribution in [0.25, 0.3) is 0 Å². The fourth-order valence-electron chi connectivity index (χ4n) is 4.27. The largest absolute Gasteiger partial charge is 0.395 e. The number of carbonyl (C=O) groups is 3. The molecule has 1 amide bonds. The first-order chi connectivity index (χ1) is 14.0. The Morgan fingerprint density at radius 3 is 2.52 bits per heavy atom. The summed E-state index contributed by atoms with van der Waals surface area (Å²) in [5, 5.41) is 12.3. The summed E-state index contributed by atoms with van der Waals surface area (Å²) < 4.78 is 0. The Bertz CT molecular complexity index is 998. The van der Waals surface area contributed by atoms with Gasteiger partial charge in [0, 0.05) is 36.3 Å². The smallest absolute Gasteiger partial charge is 0.255 e. The third kappa shape index (κ3) is 3.34. The van der Waals surface area contributed by atoms with Crippen LogP contribution in [-0.2, 0) is 0 Å². The number of hydrogen-bond acceptors (Lipinski definition) is 5. The van der Waals surface area contributed by atoms with E-state index in [0.717, 1.165) is 12.8 Å². The molecule has 150 valence electrons. The number of carbonyl (C=O) groups excluding carboxylic acids is 3. The lowest BCUT2D eigenvalue weighted by atomic mass is 9.82. The Morgan fingerprint density at radius 2 is 1.83 bits per heavy atom. The highest BCUT2D eigenvalue weighted by Crippen LogP contribution is 2.35. The Balaban J connectivity index is 1.83. The molecule has 1 fully saturated rings. The van der Waals surface area contributed by atoms with E-state index < -0.39 is 0 Å². The lowest BCUT2D eigenvalue weighted by Crippen LogP contribution is -2.39. The number of hydrogen-bond donors (Lipinski definition) is 2. The molecule has 0 bridgehead atoms. The molecule has 0 aromatic heterocycles. The van der Waals surface area contributed by atoms with Gasteiger partial charge in [-0.25, -0.2) is 0 Å². The minimum absolute atomic E-state index is 0.154. The van der Waals surface area contributed by atoms with Crippen LogP contribution >= 0.6 is 0 Å². The molecule has 0 unspecified atom stereocenters. The first-order valence-corrected chi connectivity index (χ1v) is 10.0. The second kappa shape index (κ2) is 7.79. The minimum atomic E-state index is -0.280. The van der Waals surface area contributed by atoms with E-state index in [1.807, 2.05) is 4.90 Å². The number of likely N-dealkylation sites (tertiary alicyclic amines) is 1. The average Bonchev–Trinajstić information content (AvgIpc) is 2.75. The molecule has 1 aliphatic heterocycles. The van der Waals surface area contributed by atoms with Gasteiger partial charge in [0.15, 0.2) is 11.6 Å². The van der Waals surface area contributed by atoms with Gasteiger partial charge >= 0.3 is 0 Å². The maximum atomic E-state index is 13.3. The number of nitrogens with zero attached hydrogens (tertiary/aromatic N) is 1. The van der Waals surface area contributed by atoms with E-state index in [2.05, 4.69) is 12.2 Å². The van der Waals surface area contributed by atoms with Crippen molar-refractivity contribution in [3.63, 3.8) is 0 Å². The Kier molecular flexibility index (Phi) is 5.20. The zero-order valence-electron chi connectivity index (χ0n) is 16.4. The van der Waals surface area contributed by atoms with E-state index in [1.54, 1.807) is 36.4 Å². The number of amides is 1. The molecule has 6 heteroatoms. The van der Waals surface area contributed by atoms with E-state index in [-0.39, 0.29) is 41.8 Å². The fourth-order valence-corrected chi connectivity index (χ4v) is 4.27. The predicted molar refractivity (Wildman–Crippen MR) is 110 cm³/mol. The lowest BCUT2D eigenvalue weighted by molar-refractivity contribution is 0.0683. The first kappa shape index (κ1) is 19.3. The van der Waals surface area contributed by atoms with E-state index in [4.69, 9.17) is 0 Å². The topological polar surface area (TPSA) is 86.7 Å². The van der Waals surface area contributed by atoms with Gasteiger partial charge in [0.2, 0.25) is 0 Å². The Morgan fingerprint density at radius 1 is 1.10 bits per heavy atom. The van der Waals surface area contributed by atoms with Crippen LogP contribution in [0.4, 0.5) is 5.69 Å². The molecule has 4 rings (SSSR count). The van der Waals surface area contributed by atoms with Crippen LogP contribution in [0.5, 0.6) is 0 Å². The number of piperidine rings is 1. The summed E-state index contributed by atoms with van der Waals surface area (Å²) in [5.74, 6) is -0.238. The molecule has 0 radical (unpaired) electrons. The van der Waals surface area contributed by atoms with E-state index >= 15 is 0 Å². The summed E-state index contributed by atoms with van der Waals surface area (Å²) in [6.45, 7) is 3.49. The van der Waals surface area contributed by atoms with Crippen molar-refractivity contribution in [2.75, 3.05) is 31.6 Å². The van der Waals surface area contributed by atoms with E-state index in [1.165, 1.54) is 0 Å². The average molecular weight is 392 g/mol. The maximum absolute atomic E-state index is 13.3. The van der Waals surface area contributed by atoms with Crippen molar-refractivity contribution in [2.45, 2.75) is 19.8 Å². The molecular formula is C23H24N2O4. The van der Waals surface area contributed by atoms with Gasteiger partial charge in [0.25, 0.3) is 5.91 Å². The molecule has 1 atom stereocenters. The fraction of sp³-hybridized carbons (Fsp3) is 0.348. The Labute approximate surface area is 169 Å². The third-order valence-corrected chi connectivity index (χ3v) is 5.68. The number of nitrogens with one attached hydrogen (secondary N) is 1. The molecule has 0 saturated carbocycles. The van der Waals surface area contributed by atoms with Crippen molar-refractivity contribution in [1.29, 1.82) is 0 Å². The SMILES string of the molecule is C[C@@H]1CCCN(C(=O)c2ccc3c(c2NCCO)C(=O)c2ccccc2C3=O)C1. The van der Waals surface area contributed by atoms with E-state index in [0.29, 0.717) is 41.4 Å². The van der Waals surface area contributed by atoms with Gasteiger partial charge in [0.05, 0.1) is 23.4 Å². The lowest BCUT2D eigenvalue weighted by Gasteiger charge is -2.32. The number of fused-ring (bicyclic) bond motifs is 2. The summed E-state index contributed by atoms with van der Waals surface area (Å²) in [7, 11) is 0. The van der Waals surface area contributed by atoms with Crippen molar-refractivity contribution < 1.29 is 19.5 Å². The summed E-state index contributed by atoms with van der Waals surface area (Å²) in [4.78, 5) is 41.3. The molecule has 0 spiro atoms. The van der Waals surface area contributed by atoms with Crippen LogP contribution in [0.2, 0.25) is 0 Å². The highest BCUT2D eigenvalue weighted by molar-refractivity contribution is 6.31. The minimum Gasteiger partial charge on any atom is -0.395 e. The van der Waals surface area contributed by atoms with Crippen LogP contribution in [-0.4, -0.2) is 53.7 Å². The summed E-state index contributed by atoms with van der Waals surface area (Å²) in [5.41, 5.74) is 1.94. The van der Waals surface area contributed by atoms with Crippen molar-refractivity contribution in [2.24, 2.45) is 5.92 Å². The van der Waals surface area contributed by atoms with Crippen LogP contribution < -0.4 is 5.32 Å². The van der Waals surface area contributed by atoms with Crippen LogP contribution in [0.3, 0.4) is 0 Å². The van der Waals surface area contributed by atoms with Crippen molar-refractivity contribution in [1.82, 2.24) is 4.90 Å². The zero-order valence-corrected chi connectivity index (χ0v) is 16.4. The van der Waals surface area contributed by atoms with Crippen molar-refractivity contribution in [3.05, 3.63) is 64.2 Å². The highest BCUT2D eigenvalue weighted by Gasteiger charge is 2.34. The second-order valence-corrected chi connectivity index (χ2v) is 7.76.